The Bertz CT molecular complexity index is 786. The number of imidazole rings is 1. The SMILES string of the molecule is CSc1ccc(-c2cn3c4c(sc3n2)CN(C)CC4)cc1. The van der Waals surface area contributed by atoms with Crippen LogP contribution in [0, 0.1) is 0 Å². The molecular weight excluding hydrogens is 298 g/mol. The number of nitrogens with zero attached hydrogens (tertiary/aromatic N) is 3. The Morgan fingerprint density at radius 3 is 2.81 bits per heavy atom. The number of likely N-dealkylation sites (N-methyl/N-ethyl adjacent to an activating group) is 1. The molecule has 0 saturated carbocycles. The highest BCUT2D eigenvalue weighted by Crippen LogP contribution is 2.31. The number of rotatable bonds is 2. The third-order valence-electron chi connectivity index (χ3n) is 4.03. The Balaban J connectivity index is 1.75. The standard InChI is InChI=1S/C16H17N3S2/c1-18-8-7-14-15(10-18)21-16-17-13(9-19(14)16)11-3-5-12(20-2)6-4-11/h3-6,9H,7-8,10H2,1-2H3. The molecule has 0 amide bonds. The van der Waals surface area contributed by atoms with Crippen molar-refractivity contribution in [2.24, 2.45) is 0 Å². The van der Waals surface area contributed by atoms with Gasteiger partial charge in [-0.1, -0.05) is 23.5 Å². The monoisotopic (exact) mass is 315 g/mol. The topological polar surface area (TPSA) is 20.5 Å². The molecule has 4 rings (SSSR count). The van der Waals surface area contributed by atoms with Gasteiger partial charge < -0.3 is 4.90 Å². The van der Waals surface area contributed by atoms with Crippen molar-refractivity contribution in [3.05, 3.63) is 41.0 Å². The summed E-state index contributed by atoms with van der Waals surface area (Å²) in [5, 5.41) is 0. The van der Waals surface area contributed by atoms with Crippen LogP contribution in [-0.4, -0.2) is 34.1 Å². The van der Waals surface area contributed by atoms with E-state index in [1.165, 1.54) is 21.0 Å². The van der Waals surface area contributed by atoms with Gasteiger partial charge >= 0.3 is 0 Å². The fraction of sp³-hybridized carbons (Fsp3) is 0.312. The highest BCUT2D eigenvalue weighted by molar-refractivity contribution is 7.98. The Morgan fingerprint density at radius 2 is 2.05 bits per heavy atom. The summed E-state index contributed by atoms with van der Waals surface area (Å²) < 4.78 is 2.30. The van der Waals surface area contributed by atoms with Crippen molar-refractivity contribution < 1.29 is 0 Å². The number of hydrogen-bond acceptors (Lipinski definition) is 4. The maximum atomic E-state index is 4.82. The van der Waals surface area contributed by atoms with E-state index >= 15 is 0 Å². The van der Waals surface area contributed by atoms with E-state index in [-0.39, 0.29) is 0 Å². The molecule has 0 bridgehead atoms. The zero-order valence-electron chi connectivity index (χ0n) is 12.2. The van der Waals surface area contributed by atoms with E-state index in [9.17, 15) is 0 Å². The first-order valence-corrected chi connectivity index (χ1v) is 9.11. The Kier molecular flexibility index (Phi) is 3.28. The lowest BCUT2D eigenvalue weighted by Crippen LogP contribution is -2.26. The fourth-order valence-electron chi connectivity index (χ4n) is 2.84. The minimum absolute atomic E-state index is 1.06. The molecular formula is C16H17N3S2. The third-order valence-corrected chi connectivity index (χ3v) is 5.86. The molecule has 108 valence electrons. The van der Waals surface area contributed by atoms with Gasteiger partial charge in [-0.05, 0) is 25.4 Å². The quantitative estimate of drug-likeness (QED) is 0.672. The molecule has 1 aliphatic heterocycles. The van der Waals surface area contributed by atoms with E-state index in [1.807, 2.05) is 11.3 Å². The molecule has 5 heteroatoms. The predicted octanol–water partition coefficient (Wildman–Crippen LogP) is 3.77. The Labute approximate surface area is 132 Å². The van der Waals surface area contributed by atoms with E-state index in [0.717, 1.165) is 30.2 Å². The predicted molar refractivity (Wildman–Crippen MR) is 90.3 cm³/mol. The van der Waals surface area contributed by atoms with Crippen molar-refractivity contribution in [1.29, 1.82) is 0 Å². The van der Waals surface area contributed by atoms with Gasteiger partial charge in [0.2, 0.25) is 0 Å². The van der Waals surface area contributed by atoms with Gasteiger partial charge in [0, 0.05) is 46.7 Å². The molecule has 0 radical (unpaired) electrons. The lowest BCUT2D eigenvalue weighted by molar-refractivity contribution is 0.314. The molecule has 1 aliphatic rings. The zero-order chi connectivity index (χ0) is 14.4. The zero-order valence-corrected chi connectivity index (χ0v) is 13.8. The summed E-state index contributed by atoms with van der Waals surface area (Å²) in [6, 6.07) is 8.66. The largest absolute Gasteiger partial charge is 0.301 e. The molecule has 0 unspecified atom stereocenters. The number of fused-ring (bicyclic) bond motifs is 3. The first kappa shape index (κ1) is 13.4. The second kappa shape index (κ2) is 5.16. The normalized spacial score (nSPS) is 15.5. The minimum Gasteiger partial charge on any atom is -0.301 e. The van der Waals surface area contributed by atoms with E-state index < -0.39 is 0 Å². The summed E-state index contributed by atoms with van der Waals surface area (Å²) in [7, 11) is 2.18. The number of thioether (sulfide) groups is 1. The molecule has 2 aromatic heterocycles. The van der Waals surface area contributed by atoms with Gasteiger partial charge in [0.1, 0.15) is 0 Å². The van der Waals surface area contributed by atoms with Gasteiger partial charge in [-0.25, -0.2) is 4.98 Å². The van der Waals surface area contributed by atoms with E-state index in [1.54, 1.807) is 11.8 Å². The van der Waals surface area contributed by atoms with Crippen LogP contribution in [0.3, 0.4) is 0 Å². The molecule has 0 aliphatic carbocycles. The van der Waals surface area contributed by atoms with Gasteiger partial charge in [0.15, 0.2) is 4.96 Å². The number of aromatic nitrogens is 2. The molecule has 0 atom stereocenters. The van der Waals surface area contributed by atoms with Crippen molar-refractivity contribution in [2.75, 3.05) is 19.8 Å². The van der Waals surface area contributed by atoms with Crippen LogP contribution in [0.1, 0.15) is 10.6 Å². The fourth-order valence-corrected chi connectivity index (χ4v) is 4.47. The van der Waals surface area contributed by atoms with Crippen molar-refractivity contribution in [1.82, 2.24) is 14.3 Å². The summed E-state index contributed by atoms with van der Waals surface area (Å²) in [5.74, 6) is 0. The van der Waals surface area contributed by atoms with Crippen LogP contribution in [0.15, 0.2) is 35.4 Å². The van der Waals surface area contributed by atoms with Crippen LogP contribution in [-0.2, 0) is 13.0 Å². The Hall–Kier alpha value is -1.30. The van der Waals surface area contributed by atoms with Crippen molar-refractivity contribution in [2.45, 2.75) is 17.9 Å². The lowest BCUT2D eigenvalue weighted by Gasteiger charge is -2.21. The maximum Gasteiger partial charge on any atom is 0.194 e. The average molecular weight is 315 g/mol. The van der Waals surface area contributed by atoms with E-state index in [2.05, 4.69) is 53.1 Å². The molecule has 0 saturated heterocycles. The van der Waals surface area contributed by atoms with Gasteiger partial charge in [-0.15, -0.1) is 11.8 Å². The van der Waals surface area contributed by atoms with Crippen LogP contribution in [0.4, 0.5) is 0 Å². The minimum atomic E-state index is 1.06. The molecule has 0 N–H and O–H groups in total. The molecule has 3 nitrogen and oxygen atoms in total. The van der Waals surface area contributed by atoms with Crippen LogP contribution >= 0.6 is 23.1 Å². The lowest BCUT2D eigenvalue weighted by atomic mass is 10.1. The molecule has 1 aromatic carbocycles. The van der Waals surface area contributed by atoms with Crippen molar-refractivity contribution >= 4 is 28.1 Å². The van der Waals surface area contributed by atoms with Gasteiger partial charge in [-0.2, -0.15) is 0 Å². The van der Waals surface area contributed by atoms with Gasteiger partial charge in [0.25, 0.3) is 0 Å². The second-order valence-corrected chi connectivity index (χ2v) is 7.41. The third kappa shape index (κ3) is 2.29. The smallest absolute Gasteiger partial charge is 0.194 e. The first-order chi connectivity index (χ1) is 10.2. The second-order valence-electron chi connectivity index (χ2n) is 5.47. The van der Waals surface area contributed by atoms with Gasteiger partial charge in [-0.3, -0.25) is 4.40 Å². The molecule has 0 fully saturated rings. The van der Waals surface area contributed by atoms with Crippen LogP contribution in [0.2, 0.25) is 0 Å². The van der Waals surface area contributed by atoms with Crippen LogP contribution in [0.25, 0.3) is 16.2 Å². The summed E-state index contributed by atoms with van der Waals surface area (Å²) in [6.07, 6.45) is 5.42. The van der Waals surface area contributed by atoms with Crippen molar-refractivity contribution in [3.63, 3.8) is 0 Å². The molecule has 21 heavy (non-hydrogen) atoms. The summed E-state index contributed by atoms with van der Waals surface area (Å²) >= 11 is 3.60. The summed E-state index contributed by atoms with van der Waals surface area (Å²) in [4.78, 5) is 11.1. The Morgan fingerprint density at radius 1 is 1.24 bits per heavy atom. The van der Waals surface area contributed by atoms with Crippen LogP contribution < -0.4 is 0 Å². The maximum absolute atomic E-state index is 4.82. The van der Waals surface area contributed by atoms with Crippen LogP contribution in [0.5, 0.6) is 0 Å². The van der Waals surface area contributed by atoms with Gasteiger partial charge in [0.05, 0.1) is 5.69 Å². The average Bonchev–Trinajstić information content (AvgIpc) is 3.04. The molecule has 3 aromatic rings. The first-order valence-electron chi connectivity index (χ1n) is 7.07. The summed E-state index contributed by atoms with van der Waals surface area (Å²) in [5.41, 5.74) is 3.73. The molecule has 3 heterocycles. The number of hydrogen-bond donors (Lipinski definition) is 0. The molecule has 0 spiro atoms. The van der Waals surface area contributed by atoms with Crippen molar-refractivity contribution in [3.8, 4) is 11.3 Å². The van der Waals surface area contributed by atoms with E-state index in [0.29, 0.717) is 0 Å². The summed E-state index contributed by atoms with van der Waals surface area (Å²) in [6.45, 7) is 2.19. The number of thiazole rings is 1. The highest BCUT2D eigenvalue weighted by Gasteiger charge is 2.20. The number of benzene rings is 1. The highest BCUT2D eigenvalue weighted by atomic mass is 32.2. The van der Waals surface area contributed by atoms with E-state index in [4.69, 9.17) is 4.98 Å².